The van der Waals surface area contributed by atoms with Crippen molar-refractivity contribution >= 4 is 17.5 Å². The first-order chi connectivity index (χ1) is 12.6. The highest BCUT2D eigenvalue weighted by Gasteiger charge is 2.05. The maximum Gasteiger partial charge on any atom is 0.262 e. The average molecular weight is 346 g/mol. The van der Waals surface area contributed by atoms with Crippen LogP contribution in [0.25, 0.3) is 11.1 Å². The lowest BCUT2D eigenvalue weighted by molar-refractivity contribution is -0.118. The fourth-order valence-corrected chi connectivity index (χ4v) is 2.44. The first kappa shape index (κ1) is 17.2. The SMILES string of the molecule is NC(=O)c1ccc(OCC(=O)Nc2ccc(-c3ccccc3)cc2)cc1. The van der Waals surface area contributed by atoms with Gasteiger partial charge in [-0.15, -0.1) is 0 Å². The number of rotatable bonds is 6. The van der Waals surface area contributed by atoms with E-state index in [1.54, 1.807) is 24.3 Å². The fraction of sp³-hybridized carbons (Fsp3) is 0.0476. The van der Waals surface area contributed by atoms with Crippen molar-refractivity contribution < 1.29 is 14.3 Å². The Labute approximate surface area is 151 Å². The van der Waals surface area contributed by atoms with Gasteiger partial charge in [-0.1, -0.05) is 42.5 Å². The van der Waals surface area contributed by atoms with Crippen LogP contribution in [0.5, 0.6) is 5.75 Å². The van der Waals surface area contributed by atoms with Gasteiger partial charge in [0.05, 0.1) is 0 Å². The number of benzene rings is 3. The Kier molecular flexibility index (Phi) is 5.29. The molecule has 5 heteroatoms. The molecular formula is C21H18N2O3. The van der Waals surface area contributed by atoms with E-state index in [2.05, 4.69) is 5.32 Å². The van der Waals surface area contributed by atoms with Gasteiger partial charge in [-0.2, -0.15) is 0 Å². The summed E-state index contributed by atoms with van der Waals surface area (Å²) in [5.74, 6) is -0.283. The largest absolute Gasteiger partial charge is 0.484 e. The monoisotopic (exact) mass is 346 g/mol. The predicted octanol–water partition coefficient (Wildman–Crippen LogP) is 3.47. The number of ether oxygens (including phenoxy) is 1. The van der Waals surface area contributed by atoms with Crippen molar-refractivity contribution in [1.82, 2.24) is 0 Å². The molecule has 0 aliphatic carbocycles. The van der Waals surface area contributed by atoms with Crippen LogP contribution in [-0.2, 0) is 4.79 Å². The Morgan fingerprint density at radius 3 is 2.04 bits per heavy atom. The third-order valence-electron chi connectivity index (χ3n) is 3.78. The van der Waals surface area contributed by atoms with Gasteiger partial charge in [-0.05, 0) is 47.5 Å². The van der Waals surface area contributed by atoms with Gasteiger partial charge < -0.3 is 15.8 Å². The van der Waals surface area contributed by atoms with Crippen LogP contribution in [0, 0.1) is 0 Å². The number of carbonyl (C=O) groups is 2. The van der Waals surface area contributed by atoms with Crippen molar-refractivity contribution in [2.24, 2.45) is 5.73 Å². The molecule has 0 heterocycles. The number of carbonyl (C=O) groups excluding carboxylic acids is 2. The fourth-order valence-electron chi connectivity index (χ4n) is 2.44. The zero-order chi connectivity index (χ0) is 18.4. The van der Waals surface area contributed by atoms with Crippen LogP contribution < -0.4 is 15.8 Å². The van der Waals surface area contributed by atoms with Gasteiger partial charge in [0.1, 0.15) is 5.75 Å². The lowest BCUT2D eigenvalue weighted by Crippen LogP contribution is -2.20. The molecule has 0 radical (unpaired) electrons. The van der Waals surface area contributed by atoms with Gasteiger partial charge in [0, 0.05) is 11.3 Å². The second-order valence-corrected chi connectivity index (χ2v) is 5.67. The Morgan fingerprint density at radius 1 is 0.808 bits per heavy atom. The molecule has 0 saturated carbocycles. The standard InChI is InChI=1S/C21H18N2O3/c22-21(25)17-8-12-19(13-9-17)26-14-20(24)23-18-10-6-16(7-11-18)15-4-2-1-3-5-15/h1-13H,14H2,(H2,22,25)(H,23,24). The normalized spacial score (nSPS) is 10.2. The molecule has 2 amide bonds. The topological polar surface area (TPSA) is 81.4 Å². The van der Waals surface area contributed by atoms with E-state index in [4.69, 9.17) is 10.5 Å². The molecule has 3 aromatic carbocycles. The summed E-state index contributed by atoms with van der Waals surface area (Å²) in [4.78, 5) is 23.0. The molecule has 0 aliphatic rings. The molecule has 0 saturated heterocycles. The molecule has 130 valence electrons. The molecule has 0 spiro atoms. The quantitative estimate of drug-likeness (QED) is 0.717. The van der Waals surface area contributed by atoms with Crippen LogP contribution in [0.2, 0.25) is 0 Å². The first-order valence-electron chi connectivity index (χ1n) is 8.10. The van der Waals surface area contributed by atoms with Crippen LogP contribution in [0.15, 0.2) is 78.9 Å². The lowest BCUT2D eigenvalue weighted by Gasteiger charge is -2.09. The summed E-state index contributed by atoms with van der Waals surface area (Å²) in [5, 5.41) is 2.78. The number of nitrogens with one attached hydrogen (secondary N) is 1. The second kappa shape index (κ2) is 7.98. The van der Waals surface area contributed by atoms with Crippen molar-refractivity contribution in [3.8, 4) is 16.9 Å². The summed E-state index contributed by atoms with van der Waals surface area (Å²) in [6, 6.07) is 23.9. The Balaban J connectivity index is 1.54. The van der Waals surface area contributed by atoms with Gasteiger partial charge in [0.25, 0.3) is 5.91 Å². The summed E-state index contributed by atoms with van der Waals surface area (Å²) in [5.41, 5.74) is 8.46. The molecule has 3 aromatic rings. The van der Waals surface area contributed by atoms with E-state index >= 15 is 0 Å². The zero-order valence-electron chi connectivity index (χ0n) is 14.0. The second-order valence-electron chi connectivity index (χ2n) is 5.67. The van der Waals surface area contributed by atoms with E-state index in [0.717, 1.165) is 11.1 Å². The van der Waals surface area contributed by atoms with Crippen molar-refractivity contribution in [3.05, 3.63) is 84.4 Å². The smallest absolute Gasteiger partial charge is 0.262 e. The van der Waals surface area contributed by atoms with Crippen molar-refractivity contribution in [3.63, 3.8) is 0 Å². The molecule has 0 unspecified atom stereocenters. The number of anilines is 1. The highest BCUT2D eigenvalue weighted by atomic mass is 16.5. The van der Waals surface area contributed by atoms with Crippen LogP contribution in [-0.4, -0.2) is 18.4 Å². The zero-order valence-corrected chi connectivity index (χ0v) is 14.0. The van der Waals surface area contributed by atoms with Crippen LogP contribution in [0.1, 0.15) is 10.4 Å². The number of primary amides is 1. The Morgan fingerprint density at radius 2 is 1.42 bits per heavy atom. The van der Waals surface area contributed by atoms with E-state index in [1.165, 1.54) is 0 Å². The van der Waals surface area contributed by atoms with Crippen molar-refractivity contribution in [1.29, 1.82) is 0 Å². The first-order valence-corrected chi connectivity index (χ1v) is 8.10. The van der Waals surface area contributed by atoms with E-state index in [1.807, 2.05) is 54.6 Å². The van der Waals surface area contributed by atoms with Gasteiger partial charge in [0.2, 0.25) is 5.91 Å². The Hall–Kier alpha value is -3.60. The van der Waals surface area contributed by atoms with Crippen molar-refractivity contribution in [2.45, 2.75) is 0 Å². The minimum atomic E-state index is -0.506. The summed E-state index contributed by atoms with van der Waals surface area (Å²) in [6.45, 7) is -0.129. The van der Waals surface area contributed by atoms with Gasteiger partial charge in [-0.3, -0.25) is 9.59 Å². The average Bonchev–Trinajstić information content (AvgIpc) is 2.68. The van der Waals surface area contributed by atoms with Gasteiger partial charge in [-0.25, -0.2) is 0 Å². The van der Waals surface area contributed by atoms with Gasteiger partial charge in [0.15, 0.2) is 6.61 Å². The van der Waals surface area contributed by atoms with E-state index < -0.39 is 5.91 Å². The molecule has 0 fully saturated rings. The van der Waals surface area contributed by atoms with Crippen LogP contribution in [0.4, 0.5) is 5.69 Å². The molecule has 0 aromatic heterocycles. The predicted molar refractivity (Wildman–Crippen MR) is 101 cm³/mol. The number of amides is 2. The van der Waals surface area contributed by atoms with Gasteiger partial charge >= 0.3 is 0 Å². The molecule has 3 rings (SSSR count). The third-order valence-corrected chi connectivity index (χ3v) is 3.78. The minimum absolute atomic E-state index is 0.129. The molecule has 0 atom stereocenters. The molecule has 26 heavy (non-hydrogen) atoms. The summed E-state index contributed by atoms with van der Waals surface area (Å²) in [6.07, 6.45) is 0. The van der Waals surface area contributed by atoms with E-state index in [-0.39, 0.29) is 12.5 Å². The molecule has 5 nitrogen and oxygen atoms in total. The molecular weight excluding hydrogens is 328 g/mol. The minimum Gasteiger partial charge on any atom is -0.484 e. The van der Waals surface area contributed by atoms with Crippen molar-refractivity contribution in [2.75, 3.05) is 11.9 Å². The molecule has 0 aliphatic heterocycles. The summed E-state index contributed by atoms with van der Waals surface area (Å²) >= 11 is 0. The summed E-state index contributed by atoms with van der Waals surface area (Å²) in [7, 11) is 0. The van der Waals surface area contributed by atoms with E-state index in [0.29, 0.717) is 17.0 Å². The lowest BCUT2D eigenvalue weighted by atomic mass is 10.1. The number of nitrogens with two attached hydrogens (primary N) is 1. The molecule has 0 bridgehead atoms. The molecule has 3 N–H and O–H groups in total. The highest BCUT2D eigenvalue weighted by molar-refractivity contribution is 5.93. The highest BCUT2D eigenvalue weighted by Crippen LogP contribution is 2.21. The summed E-state index contributed by atoms with van der Waals surface area (Å²) < 4.78 is 5.40. The number of hydrogen-bond acceptors (Lipinski definition) is 3. The van der Waals surface area contributed by atoms with Crippen LogP contribution >= 0.6 is 0 Å². The maximum absolute atomic E-state index is 12.0. The third kappa shape index (κ3) is 4.48. The Bertz CT molecular complexity index is 889. The van der Waals surface area contributed by atoms with Crippen LogP contribution in [0.3, 0.4) is 0 Å². The number of hydrogen-bond donors (Lipinski definition) is 2. The maximum atomic E-state index is 12.0. The van der Waals surface area contributed by atoms with E-state index in [9.17, 15) is 9.59 Å².